The van der Waals surface area contributed by atoms with Crippen LogP contribution in [0, 0.1) is 13.0 Å². The molecule has 19 heavy (non-hydrogen) atoms. The summed E-state index contributed by atoms with van der Waals surface area (Å²) >= 11 is 0. The van der Waals surface area contributed by atoms with Crippen LogP contribution in [0.25, 0.3) is 10.8 Å². The minimum atomic E-state index is 0.603. The molecule has 0 aromatic heterocycles. The summed E-state index contributed by atoms with van der Waals surface area (Å²) in [5, 5.41) is 2.37. The van der Waals surface area contributed by atoms with E-state index in [1.165, 1.54) is 21.9 Å². The number of aryl methyl sites for hydroxylation is 1. The van der Waals surface area contributed by atoms with Crippen LogP contribution in [-0.4, -0.2) is 0 Å². The molecule has 1 radical (unpaired) electrons. The van der Waals surface area contributed by atoms with E-state index in [0.29, 0.717) is 6.61 Å². The first kappa shape index (κ1) is 11.8. The Morgan fingerprint density at radius 3 is 2.84 bits per heavy atom. The standard InChI is InChI=1S/C18H15O/c1-14-5-4-6-15(11-14)13-19-18-10-9-16-7-2-3-8-17(16)12-18/h3-12H,13H2,1H3. The molecule has 0 amide bonds. The van der Waals surface area contributed by atoms with Crippen molar-refractivity contribution in [1.82, 2.24) is 0 Å². The Balaban J connectivity index is 1.78. The van der Waals surface area contributed by atoms with Crippen LogP contribution in [0.5, 0.6) is 5.75 Å². The van der Waals surface area contributed by atoms with Gasteiger partial charge >= 0.3 is 0 Å². The molecule has 1 nitrogen and oxygen atoms in total. The first-order valence-corrected chi connectivity index (χ1v) is 6.39. The van der Waals surface area contributed by atoms with Gasteiger partial charge in [0.15, 0.2) is 0 Å². The normalized spacial score (nSPS) is 10.6. The van der Waals surface area contributed by atoms with Gasteiger partial charge in [-0.15, -0.1) is 0 Å². The lowest BCUT2D eigenvalue weighted by Gasteiger charge is -2.08. The number of hydrogen-bond acceptors (Lipinski definition) is 1. The Kier molecular flexibility index (Phi) is 3.20. The molecule has 0 N–H and O–H groups in total. The Labute approximate surface area is 113 Å². The third-order valence-corrected chi connectivity index (χ3v) is 3.14. The highest BCUT2D eigenvalue weighted by atomic mass is 16.5. The monoisotopic (exact) mass is 247 g/mol. The van der Waals surface area contributed by atoms with E-state index in [9.17, 15) is 0 Å². The topological polar surface area (TPSA) is 9.23 Å². The van der Waals surface area contributed by atoms with Crippen LogP contribution in [0.4, 0.5) is 0 Å². The number of ether oxygens (including phenoxy) is 1. The summed E-state index contributed by atoms with van der Waals surface area (Å²) < 4.78 is 5.84. The van der Waals surface area contributed by atoms with E-state index in [2.05, 4.69) is 55.5 Å². The maximum atomic E-state index is 5.84. The SMILES string of the molecule is Cc1cccc(COc2ccc3c[c]ccc3c2)c1. The van der Waals surface area contributed by atoms with Gasteiger partial charge in [0.1, 0.15) is 12.4 Å². The highest BCUT2D eigenvalue weighted by Gasteiger charge is 1.98. The molecule has 0 unspecified atom stereocenters. The highest BCUT2D eigenvalue weighted by Crippen LogP contribution is 2.21. The van der Waals surface area contributed by atoms with Gasteiger partial charge in [0, 0.05) is 0 Å². The smallest absolute Gasteiger partial charge is 0.120 e. The van der Waals surface area contributed by atoms with Crippen molar-refractivity contribution in [2.24, 2.45) is 0 Å². The number of fused-ring (bicyclic) bond motifs is 1. The van der Waals surface area contributed by atoms with Gasteiger partial charge < -0.3 is 4.74 Å². The van der Waals surface area contributed by atoms with Crippen molar-refractivity contribution in [3.63, 3.8) is 0 Å². The van der Waals surface area contributed by atoms with Crippen molar-refractivity contribution < 1.29 is 4.74 Å². The second kappa shape index (κ2) is 5.15. The van der Waals surface area contributed by atoms with Gasteiger partial charge in [-0.2, -0.15) is 0 Å². The molecular formula is C18H15O. The molecule has 0 saturated heterocycles. The van der Waals surface area contributed by atoms with E-state index >= 15 is 0 Å². The third-order valence-electron chi connectivity index (χ3n) is 3.14. The molecule has 0 spiro atoms. The second-order valence-corrected chi connectivity index (χ2v) is 4.71. The minimum absolute atomic E-state index is 0.603. The third kappa shape index (κ3) is 2.76. The summed E-state index contributed by atoms with van der Waals surface area (Å²) in [6.07, 6.45) is 0. The fourth-order valence-electron chi connectivity index (χ4n) is 2.16. The maximum Gasteiger partial charge on any atom is 0.120 e. The van der Waals surface area contributed by atoms with Gasteiger partial charge in [-0.3, -0.25) is 0 Å². The van der Waals surface area contributed by atoms with Crippen LogP contribution < -0.4 is 4.74 Å². The van der Waals surface area contributed by atoms with Crippen molar-refractivity contribution in [3.05, 3.63) is 77.9 Å². The Morgan fingerprint density at radius 1 is 1.00 bits per heavy atom. The fraction of sp³-hybridized carbons (Fsp3) is 0.111. The van der Waals surface area contributed by atoms with Gasteiger partial charge in [0.25, 0.3) is 0 Å². The Morgan fingerprint density at radius 2 is 1.95 bits per heavy atom. The van der Waals surface area contributed by atoms with E-state index in [0.717, 1.165) is 5.75 Å². The lowest BCUT2D eigenvalue weighted by molar-refractivity contribution is 0.306. The van der Waals surface area contributed by atoms with Crippen molar-refractivity contribution in [2.75, 3.05) is 0 Å². The van der Waals surface area contributed by atoms with E-state index in [-0.39, 0.29) is 0 Å². The molecule has 0 atom stereocenters. The van der Waals surface area contributed by atoms with Crippen LogP contribution in [-0.2, 0) is 6.61 Å². The average Bonchev–Trinajstić information content (AvgIpc) is 2.45. The van der Waals surface area contributed by atoms with Gasteiger partial charge in [-0.25, -0.2) is 0 Å². The zero-order chi connectivity index (χ0) is 13.1. The molecule has 3 aromatic rings. The number of benzene rings is 3. The molecule has 0 fully saturated rings. The van der Waals surface area contributed by atoms with Gasteiger partial charge in [-0.05, 0) is 47.5 Å². The molecule has 0 aliphatic carbocycles. The number of rotatable bonds is 3. The predicted octanol–water partition coefficient (Wildman–Crippen LogP) is 4.53. The highest BCUT2D eigenvalue weighted by molar-refractivity contribution is 5.83. The first-order chi connectivity index (χ1) is 9.31. The van der Waals surface area contributed by atoms with Crippen molar-refractivity contribution >= 4 is 10.8 Å². The zero-order valence-electron chi connectivity index (χ0n) is 10.9. The lowest BCUT2D eigenvalue weighted by atomic mass is 10.1. The fourth-order valence-corrected chi connectivity index (χ4v) is 2.16. The van der Waals surface area contributed by atoms with E-state index in [4.69, 9.17) is 4.74 Å². The van der Waals surface area contributed by atoms with Crippen LogP contribution in [0.15, 0.2) is 60.7 Å². The molecular weight excluding hydrogens is 232 g/mol. The minimum Gasteiger partial charge on any atom is -0.489 e. The van der Waals surface area contributed by atoms with Gasteiger partial charge in [0.05, 0.1) is 0 Å². The van der Waals surface area contributed by atoms with E-state index < -0.39 is 0 Å². The second-order valence-electron chi connectivity index (χ2n) is 4.71. The molecule has 93 valence electrons. The maximum absolute atomic E-state index is 5.84. The molecule has 0 aliphatic rings. The molecule has 3 aromatic carbocycles. The first-order valence-electron chi connectivity index (χ1n) is 6.39. The van der Waals surface area contributed by atoms with E-state index in [1.807, 2.05) is 18.2 Å². The summed E-state index contributed by atoms with van der Waals surface area (Å²) in [6, 6.07) is 23.6. The Hall–Kier alpha value is -2.28. The lowest BCUT2D eigenvalue weighted by Crippen LogP contribution is -1.95. The molecule has 3 rings (SSSR count). The van der Waals surface area contributed by atoms with Crippen LogP contribution in [0.3, 0.4) is 0 Å². The predicted molar refractivity (Wildman–Crippen MR) is 78.3 cm³/mol. The van der Waals surface area contributed by atoms with Gasteiger partial charge in [0.2, 0.25) is 0 Å². The van der Waals surface area contributed by atoms with Gasteiger partial charge in [-0.1, -0.05) is 48.0 Å². The molecule has 0 bridgehead atoms. The summed E-state index contributed by atoms with van der Waals surface area (Å²) in [6.45, 7) is 2.70. The molecule has 0 heterocycles. The largest absolute Gasteiger partial charge is 0.489 e. The molecule has 0 saturated carbocycles. The number of hydrogen-bond donors (Lipinski definition) is 0. The Bertz CT molecular complexity index is 701. The van der Waals surface area contributed by atoms with Crippen LogP contribution in [0.1, 0.15) is 11.1 Å². The molecule has 0 aliphatic heterocycles. The van der Waals surface area contributed by atoms with Crippen LogP contribution >= 0.6 is 0 Å². The molecule has 1 heteroatoms. The quantitative estimate of drug-likeness (QED) is 0.661. The summed E-state index contributed by atoms with van der Waals surface area (Å²) in [7, 11) is 0. The summed E-state index contributed by atoms with van der Waals surface area (Å²) in [5.74, 6) is 0.903. The van der Waals surface area contributed by atoms with Crippen molar-refractivity contribution in [3.8, 4) is 5.75 Å². The van der Waals surface area contributed by atoms with Crippen LogP contribution in [0.2, 0.25) is 0 Å². The zero-order valence-corrected chi connectivity index (χ0v) is 10.9. The van der Waals surface area contributed by atoms with E-state index in [1.54, 1.807) is 0 Å². The van der Waals surface area contributed by atoms with Crippen molar-refractivity contribution in [1.29, 1.82) is 0 Å². The van der Waals surface area contributed by atoms with Crippen molar-refractivity contribution in [2.45, 2.75) is 13.5 Å². The summed E-state index contributed by atoms with van der Waals surface area (Å²) in [4.78, 5) is 0. The summed E-state index contributed by atoms with van der Waals surface area (Å²) in [5.41, 5.74) is 2.46. The average molecular weight is 247 g/mol.